The maximum Gasteiger partial charge on any atom is 0.328 e. The van der Waals surface area contributed by atoms with Crippen molar-refractivity contribution in [3.8, 4) is 5.75 Å². The van der Waals surface area contributed by atoms with Crippen molar-refractivity contribution in [2.45, 2.75) is 13.3 Å². The van der Waals surface area contributed by atoms with Crippen molar-refractivity contribution in [2.75, 3.05) is 19.8 Å². The summed E-state index contributed by atoms with van der Waals surface area (Å²) in [5, 5.41) is 8.55. The first-order valence-corrected chi connectivity index (χ1v) is 6.84. The van der Waals surface area contributed by atoms with E-state index in [0.717, 1.165) is 29.1 Å². The Labute approximate surface area is 121 Å². The molecular weight excluding hydrogens is 312 g/mol. The number of rotatable bonds is 8. The van der Waals surface area contributed by atoms with Crippen molar-refractivity contribution in [3.05, 3.63) is 34.3 Å². The van der Waals surface area contributed by atoms with E-state index in [1.165, 1.54) is 6.08 Å². The van der Waals surface area contributed by atoms with Gasteiger partial charge >= 0.3 is 5.97 Å². The molecule has 0 aliphatic heterocycles. The third-order valence-corrected chi connectivity index (χ3v) is 2.83. The summed E-state index contributed by atoms with van der Waals surface area (Å²) >= 11 is 3.39. The average Bonchev–Trinajstić information content (AvgIpc) is 2.38. The Morgan fingerprint density at radius 1 is 1.37 bits per heavy atom. The topological polar surface area (TPSA) is 55.8 Å². The molecule has 1 rings (SSSR count). The fraction of sp³-hybridized carbons (Fsp3) is 0.357. The molecular formula is C14H17BrO4. The highest BCUT2D eigenvalue weighted by molar-refractivity contribution is 9.10. The lowest BCUT2D eigenvalue weighted by Gasteiger charge is -2.09. The molecule has 0 saturated carbocycles. The molecule has 0 amide bonds. The molecule has 0 radical (unpaired) electrons. The highest BCUT2D eigenvalue weighted by Crippen LogP contribution is 2.26. The van der Waals surface area contributed by atoms with Gasteiger partial charge in [-0.15, -0.1) is 0 Å². The second-order valence-corrected chi connectivity index (χ2v) is 4.68. The zero-order chi connectivity index (χ0) is 14.1. The molecule has 0 aromatic heterocycles. The van der Waals surface area contributed by atoms with Gasteiger partial charge in [-0.05, 0) is 46.1 Å². The molecule has 0 unspecified atom stereocenters. The summed E-state index contributed by atoms with van der Waals surface area (Å²) in [5.74, 6) is -0.253. The van der Waals surface area contributed by atoms with Gasteiger partial charge < -0.3 is 14.6 Å². The quantitative estimate of drug-likeness (QED) is 0.587. The molecule has 0 bridgehead atoms. The van der Waals surface area contributed by atoms with Crippen molar-refractivity contribution >= 4 is 28.0 Å². The van der Waals surface area contributed by atoms with Crippen molar-refractivity contribution in [3.63, 3.8) is 0 Å². The fourth-order valence-corrected chi connectivity index (χ4v) is 1.87. The van der Waals surface area contributed by atoms with Crippen molar-refractivity contribution in [1.29, 1.82) is 0 Å². The van der Waals surface area contributed by atoms with Gasteiger partial charge in [-0.25, -0.2) is 4.79 Å². The second kappa shape index (κ2) is 8.72. The van der Waals surface area contributed by atoms with Crippen LogP contribution in [0.25, 0.3) is 6.08 Å². The predicted molar refractivity (Wildman–Crippen MR) is 77.4 cm³/mol. The van der Waals surface area contributed by atoms with Crippen LogP contribution in [-0.2, 0) is 9.53 Å². The standard InChI is InChI=1S/C14H17BrO4/c1-2-7-18-8-9-19-13-5-3-11(10-12(13)15)4-6-14(16)17/h3-6,10H,2,7-9H2,1H3,(H,16,17)/b6-4+. The van der Waals surface area contributed by atoms with E-state index in [1.807, 2.05) is 6.07 Å². The van der Waals surface area contributed by atoms with E-state index in [4.69, 9.17) is 14.6 Å². The molecule has 0 saturated heterocycles. The number of ether oxygens (including phenoxy) is 2. The lowest BCUT2D eigenvalue weighted by Crippen LogP contribution is -2.07. The lowest BCUT2D eigenvalue weighted by molar-refractivity contribution is -0.131. The largest absolute Gasteiger partial charge is 0.490 e. The molecule has 0 aliphatic rings. The fourth-order valence-electron chi connectivity index (χ4n) is 1.36. The van der Waals surface area contributed by atoms with Gasteiger partial charge in [0.15, 0.2) is 0 Å². The van der Waals surface area contributed by atoms with Crippen LogP contribution in [0.1, 0.15) is 18.9 Å². The number of carboxylic acids is 1. The number of benzene rings is 1. The summed E-state index contributed by atoms with van der Waals surface area (Å²) in [7, 11) is 0. The second-order valence-electron chi connectivity index (χ2n) is 3.82. The molecule has 5 heteroatoms. The number of carbonyl (C=O) groups is 1. The minimum Gasteiger partial charge on any atom is -0.490 e. The minimum absolute atomic E-state index is 0.489. The Hall–Kier alpha value is -1.33. The Balaban J connectivity index is 2.50. The van der Waals surface area contributed by atoms with Crippen LogP contribution in [0.15, 0.2) is 28.7 Å². The zero-order valence-electron chi connectivity index (χ0n) is 10.8. The summed E-state index contributed by atoms with van der Waals surface area (Å²) in [5.41, 5.74) is 0.795. The summed E-state index contributed by atoms with van der Waals surface area (Å²) < 4.78 is 11.7. The van der Waals surface area contributed by atoms with Gasteiger partial charge in [0.1, 0.15) is 12.4 Å². The first kappa shape index (κ1) is 15.7. The van der Waals surface area contributed by atoms with Gasteiger partial charge in [-0.2, -0.15) is 0 Å². The van der Waals surface area contributed by atoms with E-state index in [9.17, 15) is 4.79 Å². The van der Waals surface area contributed by atoms with Crippen LogP contribution in [0, 0.1) is 0 Å². The van der Waals surface area contributed by atoms with E-state index >= 15 is 0 Å². The summed E-state index contributed by atoms with van der Waals surface area (Å²) in [6.07, 6.45) is 3.62. The van der Waals surface area contributed by atoms with Crippen molar-refractivity contribution in [2.24, 2.45) is 0 Å². The Morgan fingerprint density at radius 2 is 2.16 bits per heavy atom. The Kier molecular flexibility index (Phi) is 7.22. The van der Waals surface area contributed by atoms with Crippen LogP contribution in [0.2, 0.25) is 0 Å². The normalized spacial score (nSPS) is 10.8. The molecule has 0 spiro atoms. The molecule has 0 fully saturated rings. The third kappa shape index (κ3) is 6.40. The number of carboxylic acid groups (broad SMARTS) is 1. The maximum atomic E-state index is 10.4. The number of aliphatic carboxylic acids is 1. The summed E-state index contributed by atoms with van der Waals surface area (Å²) in [4.78, 5) is 10.4. The molecule has 19 heavy (non-hydrogen) atoms. The summed E-state index contributed by atoms with van der Waals surface area (Å²) in [6.45, 7) is 3.84. The highest BCUT2D eigenvalue weighted by Gasteiger charge is 2.01. The van der Waals surface area contributed by atoms with Crippen molar-refractivity contribution < 1.29 is 19.4 Å². The Morgan fingerprint density at radius 3 is 2.79 bits per heavy atom. The molecule has 104 valence electrons. The molecule has 0 aliphatic carbocycles. The van der Waals surface area contributed by atoms with Crippen LogP contribution >= 0.6 is 15.9 Å². The predicted octanol–water partition coefficient (Wildman–Crippen LogP) is 3.35. The smallest absolute Gasteiger partial charge is 0.328 e. The Bertz CT molecular complexity index is 443. The van der Waals surface area contributed by atoms with Crippen LogP contribution in [0.5, 0.6) is 5.75 Å². The monoisotopic (exact) mass is 328 g/mol. The highest BCUT2D eigenvalue weighted by atomic mass is 79.9. The maximum absolute atomic E-state index is 10.4. The molecule has 0 heterocycles. The van der Waals surface area contributed by atoms with E-state index < -0.39 is 5.97 Å². The molecule has 1 N–H and O–H groups in total. The zero-order valence-corrected chi connectivity index (χ0v) is 12.4. The van der Waals surface area contributed by atoms with Gasteiger partial charge in [-0.1, -0.05) is 13.0 Å². The number of hydrogen-bond acceptors (Lipinski definition) is 3. The van der Waals surface area contributed by atoms with Crippen LogP contribution < -0.4 is 4.74 Å². The summed E-state index contributed by atoms with van der Waals surface area (Å²) in [6, 6.07) is 5.40. The molecule has 4 nitrogen and oxygen atoms in total. The van der Waals surface area contributed by atoms with E-state index in [-0.39, 0.29) is 0 Å². The van der Waals surface area contributed by atoms with Crippen LogP contribution in [0.4, 0.5) is 0 Å². The first-order chi connectivity index (χ1) is 9.13. The van der Waals surface area contributed by atoms with Crippen LogP contribution in [-0.4, -0.2) is 30.9 Å². The van der Waals surface area contributed by atoms with E-state index in [0.29, 0.717) is 19.0 Å². The number of hydrogen-bond donors (Lipinski definition) is 1. The van der Waals surface area contributed by atoms with Gasteiger partial charge in [0.05, 0.1) is 11.1 Å². The lowest BCUT2D eigenvalue weighted by atomic mass is 10.2. The average molecular weight is 329 g/mol. The molecule has 1 aromatic carbocycles. The van der Waals surface area contributed by atoms with Crippen molar-refractivity contribution in [1.82, 2.24) is 0 Å². The first-order valence-electron chi connectivity index (χ1n) is 6.04. The minimum atomic E-state index is -0.968. The molecule has 0 atom stereocenters. The van der Waals surface area contributed by atoms with Gasteiger partial charge in [0.2, 0.25) is 0 Å². The van der Waals surface area contributed by atoms with E-state index in [1.54, 1.807) is 12.1 Å². The van der Waals surface area contributed by atoms with E-state index in [2.05, 4.69) is 22.9 Å². The SMILES string of the molecule is CCCOCCOc1ccc(/C=C/C(=O)O)cc1Br. The van der Waals surface area contributed by atoms with Gasteiger partial charge in [0, 0.05) is 12.7 Å². The molecule has 1 aromatic rings. The third-order valence-electron chi connectivity index (χ3n) is 2.21. The van der Waals surface area contributed by atoms with Gasteiger partial charge in [-0.3, -0.25) is 0 Å². The van der Waals surface area contributed by atoms with Crippen LogP contribution in [0.3, 0.4) is 0 Å². The number of halogens is 1. The van der Waals surface area contributed by atoms with Gasteiger partial charge in [0.25, 0.3) is 0 Å².